The fraction of sp³-hybridized carbons (Fsp3) is 0.409. The van der Waals surface area contributed by atoms with E-state index < -0.39 is 4.92 Å². The first-order valence-electron chi connectivity index (χ1n) is 10.1. The molecule has 1 aliphatic heterocycles. The fourth-order valence-electron chi connectivity index (χ4n) is 3.44. The summed E-state index contributed by atoms with van der Waals surface area (Å²) < 4.78 is 18.6. The molecule has 3 rings (SSSR count). The minimum absolute atomic E-state index is 0. The number of nitro benzene ring substituents is 1. The molecule has 1 heterocycles. The minimum Gasteiger partial charge on any atom is -0.492 e. The van der Waals surface area contributed by atoms with E-state index in [1.54, 1.807) is 12.1 Å². The number of hydrogen-bond acceptors (Lipinski definition) is 6. The molecule has 176 valence electrons. The van der Waals surface area contributed by atoms with Crippen molar-refractivity contribution in [1.29, 1.82) is 0 Å². The molecule has 0 amide bonds. The number of rotatable bonds is 10. The molecule has 0 unspecified atom stereocenters. The maximum Gasteiger partial charge on any atom is 0.269 e. The van der Waals surface area contributed by atoms with Crippen LogP contribution < -0.4 is 4.74 Å². The molecule has 7 nitrogen and oxygen atoms in total. The third-order valence-electron chi connectivity index (χ3n) is 5.23. The fourth-order valence-corrected chi connectivity index (χ4v) is 3.44. The molecule has 1 saturated heterocycles. The van der Waals surface area contributed by atoms with E-state index in [0.717, 1.165) is 45.7 Å². The molecule has 0 atom stereocenters. The first-order valence-corrected chi connectivity index (χ1v) is 10.1. The number of ether oxygens (including phenoxy) is 1. The zero-order valence-corrected chi connectivity index (χ0v) is 19.3. The van der Waals surface area contributed by atoms with Crippen LogP contribution in [0.3, 0.4) is 0 Å². The molecule has 0 saturated carbocycles. The Balaban J connectivity index is 0.00000256. The van der Waals surface area contributed by atoms with Crippen LogP contribution in [-0.2, 0) is 0 Å². The molecule has 0 N–H and O–H groups in total. The van der Waals surface area contributed by atoms with Crippen LogP contribution in [0.2, 0.25) is 0 Å². The van der Waals surface area contributed by atoms with Crippen molar-refractivity contribution in [2.24, 2.45) is 0 Å². The van der Waals surface area contributed by atoms with Gasteiger partial charge in [-0.25, -0.2) is 4.39 Å². The third-order valence-corrected chi connectivity index (χ3v) is 5.23. The molecular weight excluding hydrogens is 460 g/mol. The average molecular weight is 488 g/mol. The van der Waals surface area contributed by atoms with Crippen molar-refractivity contribution in [3.8, 4) is 5.75 Å². The molecular formula is C22H28Cl2FN3O4. The van der Waals surface area contributed by atoms with Crippen LogP contribution in [-0.4, -0.2) is 66.4 Å². The van der Waals surface area contributed by atoms with Crippen LogP contribution in [0.15, 0.2) is 48.5 Å². The number of nitro groups is 1. The van der Waals surface area contributed by atoms with E-state index in [2.05, 4.69) is 9.80 Å². The van der Waals surface area contributed by atoms with Crippen LogP contribution >= 0.6 is 24.8 Å². The Hall–Kier alpha value is -2.26. The lowest BCUT2D eigenvalue weighted by Gasteiger charge is -2.34. The first kappa shape index (κ1) is 27.8. The van der Waals surface area contributed by atoms with Gasteiger partial charge >= 0.3 is 0 Å². The van der Waals surface area contributed by atoms with E-state index in [0.29, 0.717) is 24.3 Å². The van der Waals surface area contributed by atoms with Gasteiger partial charge in [-0.3, -0.25) is 19.8 Å². The summed E-state index contributed by atoms with van der Waals surface area (Å²) >= 11 is 0. The number of halogens is 3. The number of ketones is 1. The predicted octanol–water partition coefficient (Wildman–Crippen LogP) is 4.24. The molecule has 2 aromatic rings. The minimum atomic E-state index is -0.429. The largest absolute Gasteiger partial charge is 0.492 e. The maximum atomic E-state index is 12.9. The quantitative estimate of drug-likeness (QED) is 0.283. The van der Waals surface area contributed by atoms with Crippen molar-refractivity contribution in [3.63, 3.8) is 0 Å². The Labute approximate surface area is 199 Å². The third kappa shape index (κ3) is 8.70. The van der Waals surface area contributed by atoms with Crippen LogP contribution in [0.1, 0.15) is 23.2 Å². The smallest absolute Gasteiger partial charge is 0.269 e. The summed E-state index contributed by atoms with van der Waals surface area (Å²) in [5, 5.41) is 10.7. The zero-order chi connectivity index (χ0) is 21.3. The van der Waals surface area contributed by atoms with E-state index in [-0.39, 0.29) is 42.1 Å². The number of carbonyl (C=O) groups is 1. The van der Waals surface area contributed by atoms with Gasteiger partial charge < -0.3 is 9.64 Å². The standard InChI is InChI=1S/C22H26FN3O4.2ClH/c23-19-5-3-18(4-6-19)22(27)2-1-11-24-12-14-25(15-13-24)16-17-30-21-9-7-20(8-10-21)26(28)29;;/h3-10H,1-2,11-17H2;2*1H. The second kappa shape index (κ2) is 14.0. The normalized spacial score (nSPS) is 14.2. The highest BCUT2D eigenvalue weighted by Crippen LogP contribution is 2.17. The van der Waals surface area contributed by atoms with E-state index in [1.165, 1.54) is 36.4 Å². The number of piperazine rings is 1. The molecule has 0 radical (unpaired) electrons. The Kier molecular flexibility index (Phi) is 12.2. The van der Waals surface area contributed by atoms with Crippen molar-refractivity contribution in [1.82, 2.24) is 9.80 Å². The highest BCUT2D eigenvalue weighted by molar-refractivity contribution is 5.95. The van der Waals surface area contributed by atoms with Gasteiger partial charge in [0, 0.05) is 56.8 Å². The average Bonchev–Trinajstić information content (AvgIpc) is 2.75. The van der Waals surface area contributed by atoms with Gasteiger partial charge in [-0.1, -0.05) is 0 Å². The lowest BCUT2D eigenvalue weighted by atomic mass is 10.1. The van der Waals surface area contributed by atoms with Crippen molar-refractivity contribution >= 4 is 36.3 Å². The highest BCUT2D eigenvalue weighted by Gasteiger charge is 2.17. The summed E-state index contributed by atoms with van der Waals surface area (Å²) in [6, 6.07) is 11.8. The Morgan fingerprint density at radius 2 is 1.50 bits per heavy atom. The monoisotopic (exact) mass is 487 g/mol. The summed E-state index contributed by atoms with van der Waals surface area (Å²) in [6.45, 7) is 5.98. The van der Waals surface area contributed by atoms with Gasteiger partial charge in [0.1, 0.15) is 18.2 Å². The Bertz CT molecular complexity index is 845. The van der Waals surface area contributed by atoms with Crippen LogP contribution in [0, 0.1) is 15.9 Å². The van der Waals surface area contributed by atoms with Gasteiger partial charge in [-0.05, 0) is 49.4 Å². The molecule has 1 fully saturated rings. The van der Waals surface area contributed by atoms with Crippen molar-refractivity contribution in [3.05, 3.63) is 70.0 Å². The SMILES string of the molecule is Cl.Cl.O=C(CCCN1CCN(CCOc2ccc([N+](=O)[O-])cc2)CC1)c1ccc(F)cc1. The number of carbonyl (C=O) groups excluding carboxylic acids is 1. The first-order chi connectivity index (χ1) is 14.5. The van der Waals surface area contributed by atoms with Crippen LogP contribution in [0.5, 0.6) is 5.75 Å². The van der Waals surface area contributed by atoms with Gasteiger partial charge in [0.15, 0.2) is 5.78 Å². The molecule has 0 aliphatic carbocycles. The molecule has 0 aromatic heterocycles. The van der Waals surface area contributed by atoms with E-state index >= 15 is 0 Å². The van der Waals surface area contributed by atoms with Gasteiger partial charge in [0.25, 0.3) is 5.69 Å². The second-order valence-electron chi connectivity index (χ2n) is 7.32. The summed E-state index contributed by atoms with van der Waals surface area (Å²) in [6.07, 6.45) is 1.26. The Morgan fingerprint density at radius 3 is 2.06 bits per heavy atom. The molecule has 2 aromatic carbocycles. The topological polar surface area (TPSA) is 75.9 Å². The molecule has 1 aliphatic rings. The van der Waals surface area contributed by atoms with E-state index in [1.807, 2.05) is 0 Å². The van der Waals surface area contributed by atoms with Crippen molar-refractivity contribution < 1.29 is 18.8 Å². The van der Waals surface area contributed by atoms with Crippen molar-refractivity contribution in [2.75, 3.05) is 45.9 Å². The van der Waals surface area contributed by atoms with Crippen LogP contribution in [0.4, 0.5) is 10.1 Å². The van der Waals surface area contributed by atoms with Crippen LogP contribution in [0.25, 0.3) is 0 Å². The summed E-state index contributed by atoms with van der Waals surface area (Å²) in [7, 11) is 0. The predicted molar refractivity (Wildman–Crippen MR) is 126 cm³/mol. The van der Waals surface area contributed by atoms with Crippen molar-refractivity contribution in [2.45, 2.75) is 12.8 Å². The van der Waals surface area contributed by atoms with Gasteiger partial charge in [0.2, 0.25) is 0 Å². The molecule has 0 bridgehead atoms. The van der Waals surface area contributed by atoms with E-state index in [9.17, 15) is 19.3 Å². The number of hydrogen-bond donors (Lipinski definition) is 0. The lowest BCUT2D eigenvalue weighted by molar-refractivity contribution is -0.384. The Morgan fingerprint density at radius 1 is 0.938 bits per heavy atom. The zero-order valence-electron chi connectivity index (χ0n) is 17.7. The number of Topliss-reactive ketones (excluding diaryl/α,β-unsaturated/α-hetero) is 1. The molecule has 0 spiro atoms. The van der Waals surface area contributed by atoms with Gasteiger partial charge in [0.05, 0.1) is 4.92 Å². The summed E-state index contributed by atoms with van der Waals surface area (Å²) in [5.74, 6) is 0.352. The molecule has 32 heavy (non-hydrogen) atoms. The lowest BCUT2D eigenvalue weighted by Crippen LogP contribution is -2.47. The highest BCUT2D eigenvalue weighted by atomic mass is 35.5. The summed E-state index contributed by atoms with van der Waals surface area (Å²) in [4.78, 5) is 27.0. The van der Waals surface area contributed by atoms with Gasteiger partial charge in [-0.15, -0.1) is 24.8 Å². The maximum absolute atomic E-state index is 12.9. The summed E-state index contributed by atoms with van der Waals surface area (Å²) in [5.41, 5.74) is 0.618. The molecule has 10 heteroatoms. The van der Waals surface area contributed by atoms with Gasteiger partial charge in [-0.2, -0.15) is 0 Å². The second-order valence-corrected chi connectivity index (χ2v) is 7.32. The number of nitrogens with zero attached hydrogens (tertiary/aromatic N) is 3. The number of benzene rings is 2. The number of non-ortho nitro benzene ring substituents is 1. The van der Waals surface area contributed by atoms with E-state index in [4.69, 9.17) is 4.74 Å².